The molecule has 2 amide bonds. The predicted molar refractivity (Wildman–Crippen MR) is 108 cm³/mol. The van der Waals surface area contributed by atoms with Crippen LogP contribution in [0.2, 0.25) is 0 Å². The van der Waals surface area contributed by atoms with Gasteiger partial charge in [-0.1, -0.05) is 0 Å². The highest BCUT2D eigenvalue weighted by Crippen LogP contribution is 2.25. The molecule has 0 saturated carbocycles. The maximum absolute atomic E-state index is 12.6. The van der Waals surface area contributed by atoms with Crippen LogP contribution in [0, 0.1) is 5.92 Å². The van der Waals surface area contributed by atoms with Crippen molar-refractivity contribution in [3.8, 4) is 0 Å². The van der Waals surface area contributed by atoms with Crippen molar-refractivity contribution in [2.45, 2.75) is 31.7 Å². The third-order valence-corrected chi connectivity index (χ3v) is 6.10. The topological polar surface area (TPSA) is 66.3 Å². The lowest BCUT2D eigenvalue weighted by atomic mass is 9.96. The van der Waals surface area contributed by atoms with Crippen molar-refractivity contribution >= 4 is 6.03 Å². The molecule has 0 aromatic carbocycles. The molecule has 2 fully saturated rings. The number of amides is 2. The fraction of sp³-hybridized carbons (Fsp3) is 0.571. The number of carbonyl (C=O) groups is 1. The summed E-state index contributed by atoms with van der Waals surface area (Å²) in [6.45, 7) is 5.53. The molecule has 0 aliphatic carbocycles. The van der Waals surface area contributed by atoms with Crippen molar-refractivity contribution in [2.24, 2.45) is 13.0 Å². The predicted octanol–water partition coefficient (Wildman–Crippen LogP) is 2.23. The number of aromatic nitrogens is 3. The van der Waals surface area contributed by atoms with Gasteiger partial charge < -0.3 is 14.8 Å². The van der Waals surface area contributed by atoms with Crippen LogP contribution in [0.5, 0.6) is 0 Å². The molecule has 2 aliphatic rings. The molecule has 4 rings (SSSR count). The monoisotopic (exact) mass is 382 g/mol. The van der Waals surface area contributed by atoms with Gasteiger partial charge in [0, 0.05) is 63.9 Å². The summed E-state index contributed by atoms with van der Waals surface area (Å²) in [6.07, 6.45) is 10.8. The van der Waals surface area contributed by atoms with E-state index in [2.05, 4.69) is 36.9 Å². The van der Waals surface area contributed by atoms with Crippen LogP contribution in [0.25, 0.3) is 0 Å². The Morgan fingerprint density at radius 3 is 2.64 bits per heavy atom. The van der Waals surface area contributed by atoms with Crippen LogP contribution in [0.15, 0.2) is 36.9 Å². The number of imidazole rings is 1. The number of piperidine rings is 1. The van der Waals surface area contributed by atoms with Gasteiger partial charge in [0.15, 0.2) is 0 Å². The molecule has 1 N–H and O–H groups in total. The average molecular weight is 383 g/mol. The SMILES string of the molecule is Cn1ccnc1C1CCN(C(=O)NCC2CCN(Cc3ccncc3)CC2)C1. The van der Waals surface area contributed by atoms with E-state index < -0.39 is 0 Å². The molecule has 2 aliphatic heterocycles. The van der Waals surface area contributed by atoms with E-state index in [4.69, 9.17) is 0 Å². The molecule has 2 aromatic heterocycles. The summed E-state index contributed by atoms with van der Waals surface area (Å²) >= 11 is 0. The quantitative estimate of drug-likeness (QED) is 0.861. The summed E-state index contributed by atoms with van der Waals surface area (Å²) in [5.41, 5.74) is 1.32. The standard InChI is InChI=1S/C21H30N6O/c1-25-13-9-23-20(25)19-6-12-27(16-19)21(28)24-14-17-4-10-26(11-5-17)15-18-2-7-22-8-3-18/h2-3,7-9,13,17,19H,4-6,10-12,14-16H2,1H3,(H,24,28). The van der Waals surface area contributed by atoms with Crippen LogP contribution >= 0.6 is 0 Å². The van der Waals surface area contributed by atoms with Crippen molar-refractivity contribution < 1.29 is 4.79 Å². The summed E-state index contributed by atoms with van der Waals surface area (Å²) in [5, 5.41) is 3.17. The van der Waals surface area contributed by atoms with Gasteiger partial charge in [0.1, 0.15) is 5.82 Å². The lowest BCUT2D eigenvalue weighted by Gasteiger charge is -2.32. The fourth-order valence-corrected chi connectivity index (χ4v) is 4.36. The molecule has 2 aromatic rings. The summed E-state index contributed by atoms with van der Waals surface area (Å²) in [5.74, 6) is 2.00. The van der Waals surface area contributed by atoms with Gasteiger partial charge in [-0.2, -0.15) is 0 Å². The van der Waals surface area contributed by atoms with E-state index in [1.165, 1.54) is 5.56 Å². The first-order chi connectivity index (χ1) is 13.7. The van der Waals surface area contributed by atoms with Crippen LogP contribution in [-0.2, 0) is 13.6 Å². The number of pyridine rings is 1. The van der Waals surface area contributed by atoms with Gasteiger partial charge in [-0.3, -0.25) is 9.88 Å². The fourth-order valence-electron chi connectivity index (χ4n) is 4.36. The second kappa shape index (κ2) is 8.73. The minimum absolute atomic E-state index is 0.0796. The summed E-state index contributed by atoms with van der Waals surface area (Å²) < 4.78 is 2.06. The van der Waals surface area contributed by atoms with Gasteiger partial charge in [-0.25, -0.2) is 9.78 Å². The summed E-state index contributed by atoms with van der Waals surface area (Å²) in [6, 6.07) is 4.25. The molecular formula is C21H30N6O. The zero-order chi connectivity index (χ0) is 19.3. The van der Waals surface area contributed by atoms with Gasteiger partial charge in [-0.05, 0) is 56.0 Å². The van der Waals surface area contributed by atoms with Gasteiger partial charge in [0.05, 0.1) is 0 Å². The molecule has 150 valence electrons. The van der Waals surface area contributed by atoms with Gasteiger partial charge in [-0.15, -0.1) is 0 Å². The molecule has 1 unspecified atom stereocenters. The minimum Gasteiger partial charge on any atom is -0.338 e. The molecule has 2 saturated heterocycles. The van der Waals surface area contributed by atoms with E-state index in [9.17, 15) is 4.79 Å². The number of urea groups is 1. The molecule has 7 heteroatoms. The molecule has 4 heterocycles. The second-order valence-electron chi connectivity index (χ2n) is 8.09. The number of hydrogen-bond acceptors (Lipinski definition) is 4. The second-order valence-corrected chi connectivity index (χ2v) is 8.09. The van der Waals surface area contributed by atoms with Crippen LogP contribution in [0.3, 0.4) is 0 Å². The van der Waals surface area contributed by atoms with Crippen molar-refractivity contribution in [1.82, 2.24) is 29.7 Å². The number of aryl methyl sites for hydroxylation is 1. The molecule has 0 bridgehead atoms. The molecule has 0 spiro atoms. The first kappa shape index (κ1) is 18.9. The van der Waals surface area contributed by atoms with Crippen molar-refractivity contribution in [2.75, 3.05) is 32.7 Å². The Morgan fingerprint density at radius 2 is 1.93 bits per heavy atom. The zero-order valence-electron chi connectivity index (χ0n) is 16.6. The first-order valence-electron chi connectivity index (χ1n) is 10.3. The molecule has 0 radical (unpaired) electrons. The first-order valence-corrected chi connectivity index (χ1v) is 10.3. The third-order valence-electron chi connectivity index (χ3n) is 6.10. The third kappa shape index (κ3) is 4.52. The van der Waals surface area contributed by atoms with Crippen molar-refractivity contribution in [1.29, 1.82) is 0 Å². The maximum Gasteiger partial charge on any atom is 0.317 e. The summed E-state index contributed by atoms with van der Waals surface area (Å²) in [4.78, 5) is 25.5. The highest BCUT2D eigenvalue weighted by molar-refractivity contribution is 5.74. The van der Waals surface area contributed by atoms with Crippen LogP contribution in [-0.4, -0.2) is 63.1 Å². The summed E-state index contributed by atoms with van der Waals surface area (Å²) in [7, 11) is 2.02. The number of likely N-dealkylation sites (tertiary alicyclic amines) is 2. The Labute approximate surface area is 166 Å². The van der Waals surface area contributed by atoms with Crippen molar-refractivity contribution in [3.05, 3.63) is 48.3 Å². The van der Waals surface area contributed by atoms with E-state index in [0.29, 0.717) is 11.8 Å². The lowest BCUT2D eigenvalue weighted by molar-refractivity contribution is 0.170. The Hall–Kier alpha value is -2.41. The minimum atomic E-state index is 0.0796. The highest BCUT2D eigenvalue weighted by Gasteiger charge is 2.30. The maximum atomic E-state index is 12.6. The number of rotatable bonds is 5. The average Bonchev–Trinajstić information content (AvgIpc) is 3.37. The molecule has 1 atom stereocenters. The molecule has 7 nitrogen and oxygen atoms in total. The smallest absolute Gasteiger partial charge is 0.317 e. The lowest BCUT2D eigenvalue weighted by Crippen LogP contribution is -2.43. The Bertz CT molecular complexity index is 768. The Kier molecular flexibility index (Phi) is 5.90. The zero-order valence-corrected chi connectivity index (χ0v) is 16.6. The van der Waals surface area contributed by atoms with Gasteiger partial charge in [0.25, 0.3) is 0 Å². The number of nitrogens with one attached hydrogen (secondary N) is 1. The van der Waals surface area contributed by atoms with E-state index in [1.807, 2.05) is 36.7 Å². The number of nitrogens with zero attached hydrogens (tertiary/aromatic N) is 5. The highest BCUT2D eigenvalue weighted by atomic mass is 16.2. The Balaban J connectivity index is 1.17. The van der Waals surface area contributed by atoms with E-state index >= 15 is 0 Å². The van der Waals surface area contributed by atoms with Crippen molar-refractivity contribution in [3.63, 3.8) is 0 Å². The normalized spacial score (nSPS) is 21.2. The largest absolute Gasteiger partial charge is 0.338 e. The van der Waals surface area contributed by atoms with E-state index in [0.717, 1.165) is 64.4 Å². The Morgan fingerprint density at radius 1 is 1.14 bits per heavy atom. The number of hydrogen-bond donors (Lipinski definition) is 1. The van der Waals surface area contributed by atoms with Crippen LogP contribution < -0.4 is 5.32 Å². The van der Waals surface area contributed by atoms with Gasteiger partial charge in [0.2, 0.25) is 0 Å². The van der Waals surface area contributed by atoms with Crippen LogP contribution in [0.4, 0.5) is 4.79 Å². The van der Waals surface area contributed by atoms with E-state index in [-0.39, 0.29) is 6.03 Å². The van der Waals surface area contributed by atoms with E-state index in [1.54, 1.807) is 0 Å². The number of carbonyl (C=O) groups excluding carboxylic acids is 1. The molecule has 28 heavy (non-hydrogen) atoms. The van der Waals surface area contributed by atoms with Gasteiger partial charge >= 0.3 is 6.03 Å². The van der Waals surface area contributed by atoms with Crippen LogP contribution in [0.1, 0.15) is 36.6 Å². The molecular weight excluding hydrogens is 352 g/mol.